The lowest BCUT2D eigenvalue weighted by Crippen LogP contribution is -2.65. The highest BCUT2D eigenvalue weighted by atomic mass is 28.4. The van der Waals surface area contributed by atoms with Crippen LogP contribution in [-0.4, -0.2) is 116 Å². The van der Waals surface area contributed by atoms with E-state index in [1.807, 2.05) is 20.8 Å². The van der Waals surface area contributed by atoms with Crippen molar-refractivity contribution in [2.75, 3.05) is 39.6 Å². The molecule has 290 valence electrons. The van der Waals surface area contributed by atoms with Crippen molar-refractivity contribution < 1.29 is 56.1 Å². The van der Waals surface area contributed by atoms with E-state index in [4.69, 9.17) is 41.7 Å². The zero-order valence-corrected chi connectivity index (χ0v) is 38.1. The Morgan fingerprint density at radius 2 is 0.740 bits per heavy atom. The molecule has 0 radical (unpaired) electrons. The van der Waals surface area contributed by atoms with Gasteiger partial charge in [0, 0.05) is 16.7 Å². The number of carbonyl (C=O) groups excluding carboxylic acids is 3. The molecular weight excluding hydrogens is 713 g/mol. The van der Waals surface area contributed by atoms with Gasteiger partial charge in [0.2, 0.25) is 30.5 Å². The van der Waals surface area contributed by atoms with Crippen LogP contribution in [0.1, 0.15) is 60.8 Å². The molecule has 0 amide bonds. The number of esters is 3. The fraction of sp³-hybridized carbons (Fsp3) is 0.735. The topological polar surface area (TPSA) is 134 Å². The van der Waals surface area contributed by atoms with Crippen molar-refractivity contribution in [3.05, 3.63) is 36.5 Å². The lowest BCUT2D eigenvalue weighted by Gasteiger charge is -2.49. The van der Waals surface area contributed by atoms with Crippen LogP contribution in [-0.2, 0) is 56.1 Å². The van der Waals surface area contributed by atoms with Gasteiger partial charge in [-0.05, 0) is 79.3 Å². The normalized spacial score (nSPS) is 15.4. The second kappa shape index (κ2) is 22.4. The van der Waals surface area contributed by atoms with E-state index in [2.05, 4.69) is 59.0 Å². The second-order valence-electron chi connectivity index (χ2n) is 14.0. The Labute approximate surface area is 307 Å². The molecule has 16 heteroatoms. The summed E-state index contributed by atoms with van der Waals surface area (Å²) in [5.74, 6) is -1.38. The molecular formula is C34H66O12Si4. The molecule has 0 spiro atoms. The molecule has 0 aliphatic rings. The molecule has 0 rings (SSSR count). The third-order valence-electron chi connectivity index (χ3n) is 7.74. The molecule has 50 heavy (non-hydrogen) atoms. The molecule has 0 aliphatic heterocycles. The van der Waals surface area contributed by atoms with Crippen molar-refractivity contribution in [3.8, 4) is 0 Å². The second-order valence-corrected chi connectivity index (χ2v) is 27.4. The highest BCUT2D eigenvalue weighted by molar-refractivity contribution is 6.75. The lowest BCUT2D eigenvalue weighted by molar-refractivity contribution is -0.212. The average Bonchev–Trinajstić information content (AvgIpc) is 2.98. The number of carbonyl (C=O) groups is 3. The first-order valence-corrected chi connectivity index (χ1v) is 27.4. The van der Waals surface area contributed by atoms with E-state index in [0.29, 0.717) is 46.2 Å². The zero-order chi connectivity index (χ0) is 38.9. The van der Waals surface area contributed by atoms with E-state index < -0.39 is 48.5 Å². The Morgan fingerprint density at radius 1 is 0.520 bits per heavy atom. The van der Waals surface area contributed by atoms with Gasteiger partial charge in [0.1, 0.15) is 30.1 Å². The number of hydrogen-bond acceptors (Lipinski definition) is 12. The molecule has 0 N–H and O–H groups in total. The largest absolute Gasteiger partial charge is 0.460 e. The van der Waals surface area contributed by atoms with Gasteiger partial charge in [-0.2, -0.15) is 0 Å². The maximum absolute atomic E-state index is 11.9. The van der Waals surface area contributed by atoms with Gasteiger partial charge >= 0.3 is 17.9 Å². The number of hydrogen-bond donors (Lipinski definition) is 0. The van der Waals surface area contributed by atoms with Gasteiger partial charge in [-0.3, -0.25) is 0 Å². The van der Waals surface area contributed by atoms with Crippen molar-refractivity contribution in [2.45, 2.75) is 123 Å². The predicted molar refractivity (Wildman–Crippen MR) is 206 cm³/mol. The van der Waals surface area contributed by atoms with Crippen LogP contribution in [0.4, 0.5) is 0 Å². The van der Waals surface area contributed by atoms with Gasteiger partial charge in [0.25, 0.3) is 0 Å². The van der Waals surface area contributed by atoms with Gasteiger partial charge < -0.3 is 41.7 Å². The van der Waals surface area contributed by atoms with Crippen molar-refractivity contribution >= 4 is 53.1 Å². The van der Waals surface area contributed by atoms with Crippen LogP contribution >= 0.6 is 0 Å². The summed E-state index contributed by atoms with van der Waals surface area (Å²) < 4.78 is 55.5. The molecule has 0 saturated heterocycles. The van der Waals surface area contributed by atoms with Crippen LogP contribution in [0.15, 0.2) is 36.5 Å². The molecule has 12 nitrogen and oxygen atoms in total. The van der Waals surface area contributed by atoms with Gasteiger partial charge in [0.05, 0.1) is 37.0 Å². The van der Waals surface area contributed by atoms with Crippen LogP contribution < -0.4 is 0 Å². The fourth-order valence-corrected chi connectivity index (χ4v) is 18.5. The van der Waals surface area contributed by atoms with Crippen molar-refractivity contribution in [1.82, 2.24) is 0 Å². The molecule has 0 aromatic rings. The summed E-state index contributed by atoms with van der Waals surface area (Å²) in [6.45, 7) is 35.0. The molecule has 0 fully saturated rings. The summed E-state index contributed by atoms with van der Waals surface area (Å²) in [5, 5.41) is 0. The molecule has 3 unspecified atom stereocenters. The van der Waals surface area contributed by atoms with Crippen LogP contribution in [0.25, 0.3) is 0 Å². The summed E-state index contributed by atoms with van der Waals surface area (Å²) in [5.41, 5.74) is -1.17. The van der Waals surface area contributed by atoms with E-state index in [-0.39, 0.29) is 56.8 Å². The Morgan fingerprint density at radius 3 is 0.920 bits per heavy atom. The quantitative estimate of drug-likeness (QED) is 0.0278. The third-order valence-corrected chi connectivity index (χ3v) is 18.6. The van der Waals surface area contributed by atoms with Crippen LogP contribution in [0.3, 0.4) is 0 Å². The summed E-state index contributed by atoms with van der Waals surface area (Å²) in [6, 6.07) is 0. The minimum absolute atomic E-state index is 0.0972. The van der Waals surface area contributed by atoms with Crippen molar-refractivity contribution in [1.29, 1.82) is 0 Å². The molecule has 0 aliphatic carbocycles. The fourth-order valence-electron chi connectivity index (χ4n) is 5.47. The zero-order valence-electron chi connectivity index (χ0n) is 33.1. The average molecular weight is 779 g/mol. The maximum Gasteiger partial charge on any atom is 0.333 e. The summed E-state index contributed by atoms with van der Waals surface area (Å²) >= 11 is 0. The van der Waals surface area contributed by atoms with Crippen molar-refractivity contribution in [3.63, 3.8) is 0 Å². The van der Waals surface area contributed by atoms with Crippen LogP contribution in [0.2, 0.25) is 39.3 Å². The molecule has 0 aromatic heterocycles. The van der Waals surface area contributed by atoms with E-state index >= 15 is 0 Å². The van der Waals surface area contributed by atoms with E-state index in [0.717, 1.165) is 0 Å². The number of ether oxygens (including phenoxy) is 6. The highest BCUT2D eigenvalue weighted by Gasteiger charge is 2.50. The standard InChI is InChI=1S/C34H66O12Si4/c1-16-28(38-19-22-41-31(35)25(4)5)48(10,11)44-34(47,45-49(12,13)29(17-2)39-20-23-42-32(36)26(6)7)46-50(14,15)30(18-3)40-21-24-43-33(37)27(8)9/h28-30H,4,6,8,16-24H2,1-3,5,7,9-15,47H3. The first kappa shape index (κ1) is 48.3. The maximum atomic E-state index is 11.9. The van der Waals surface area contributed by atoms with E-state index in [1.165, 1.54) is 0 Å². The summed E-state index contributed by atoms with van der Waals surface area (Å²) in [6.07, 6.45) is 2.00. The highest BCUT2D eigenvalue weighted by Crippen LogP contribution is 2.33. The first-order chi connectivity index (χ1) is 23.0. The Kier molecular flexibility index (Phi) is 21.6. The predicted octanol–water partition coefficient (Wildman–Crippen LogP) is 4.99. The molecule has 0 saturated carbocycles. The minimum Gasteiger partial charge on any atom is -0.460 e. The summed E-state index contributed by atoms with van der Waals surface area (Å²) in [4.78, 5) is 35.6. The van der Waals surface area contributed by atoms with Gasteiger partial charge in [0.15, 0.2) is 0 Å². The molecule has 3 atom stereocenters. The van der Waals surface area contributed by atoms with Crippen molar-refractivity contribution in [2.24, 2.45) is 0 Å². The SMILES string of the molecule is C=C(C)C(=O)OCCOC(CC)[Si](C)(C)OC([SiH3])(O[Si](C)(C)C(CC)OCCOC(=O)C(=C)C)O[Si](C)(C)C(CC)OCCOC(=O)C(=C)C. The van der Waals surface area contributed by atoms with Crippen LogP contribution in [0, 0.1) is 0 Å². The van der Waals surface area contributed by atoms with E-state index in [1.54, 1.807) is 20.8 Å². The number of rotatable bonds is 27. The summed E-state index contributed by atoms with van der Waals surface area (Å²) in [7, 11) is -7.85. The Bertz CT molecular complexity index is 1010. The monoisotopic (exact) mass is 778 g/mol. The van der Waals surface area contributed by atoms with Gasteiger partial charge in [-0.25, -0.2) is 14.4 Å². The van der Waals surface area contributed by atoms with Gasteiger partial charge in [-0.15, -0.1) is 0 Å². The molecule has 0 bridgehead atoms. The first-order valence-electron chi connectivity index (χ1n) is 17.4. The molecule has 0 aromatic carbocycles. The Balaban J connectivity index is 6.24. The smallest absolute Gasteiger partial charge is 0.333 e. The van der Waals surface area contributed by atoms with Gasteiger partial charge in [-0.1, -0.05) is 40.5 Å². The minimum atomic E-state index is -2.73. The third kappa shape index (κ3) is 17.7. The molecule has 0 heterocycles. The van der Waals surface area contributed by atoms with Crippen LogP contribution in [0.5, 0.6) is 0 Å². The lowest BCUT2D eigenvalue weighted by atomic mass is 10.4. The van der Waals surface area contributed by atoms with E-state index in [9.17, 15) is 14.4 Å². The Hall–Kier alpha value is -1.74.